The van der Waals surface area contributed by atoms with Crippen LogP contribution in [0.3, 0.4) is 0 Å². The van der Waals surface area contributed by atoms with Crippen molar-refractivity contribution in [1.29, 1.82) is 0 Å². The standard InChI is InChI=1S/C26H29ClN4O4/c1-26(2,3)35-25(33)29-21(14-17-8-6-5-7-9-17)22-15-20(23(16-27)31-30-22)18-10-12-19(13-11-18)28-24(32)34-4/h5-13,15,21H,14,16H2,1-4H3,(H,28,32)(H,29,33)/t21-/m0/s1. The predicted octanol–water partition coefficient (Wildman–Crippen LogP) is 5.87. The summed E-state index contributed by atoms with van der Waals surface area (Å²) in [4.78, 5) is 24.1. The summed E-state index contributed by atoms with van der Waals surface area (Å²) >= 11 is 6.15. The lowest BCUT2D eigenvalue weighted by molar-refractivity contribution is 0.0502. The third kappa shape index (κ3) is 7.68. The van der Waals surface area contributed by atoms with E-state index in [9.17, 15) is 9.59 Å². The van der Waals surface area contributed by atoms with Gasteiger partial charge in [0.05, 0.1) is 30.4 Å². The van der Waals surface area contributed by atoms with Gasteiger partial charge in [-0.15, -0.1) is 11.6 Å². The number of hydrogen-bond donors (Lipinski definition) is 2. The minimum atomic E-state index is -0.638. The normalized spacial score (nSPS) is 11.9. The summed E-state index contributed by atoms with van der Waals surface area (Å²) < 4.78 is 10.1. The van der Waals surface area contributed by atoms with E-state index in [4.69, 9.17) is 16.3 Å². The monoisotopic (exact) mass is 496 g/mol. The van der Waals surface area contributed by atoms with E-state index in [0.29, 0.717) is 23.5 Å². The highest BCUT2D eigenvalue weighted by Gasteiger charge is 2.23. The minimum Gasteiger partial charge on any atom is -0.453 e. The number of amides is 2. The van der Waals surface area contributed by atoms with Crippen molar-refractivity contribution in [1.82, 2.24) is 15.5 Å². The Bertz CT molecular complexity index is 1150. The molecule has 0 saturated carbocycles. The highest BCUT2D eigenvalue weighted by Crippen LogP contribution is 2.28. The van der Waals surface area contributed by atoms with Crippen molar-refractivity contribution >= 4 is 29.5 Å². The summed E-state index contributed by atoms with van der Waals surface area (Å²) in [7, 11) is 1.30. The molecule has 1 aromatic heterocycles. The zero-order valence-electron chi connectivity index (χ0n) is 20.2. The summed E-state index contributed by atoms with van der Waals surface area (Å²) in [5.41, 5.74) is 3.75. The molecule has 3 rings (SSSR count). The molecule has 0 aliphatic rings. The molecule has 0 bridgehead atoms. The SMILES string of the molecule is COC(=O)Nc1ccc(-c2cc([C@H](Cc3ccccc3)NC(=O)OC(C)(C)C)nnc2CCl)cc1. The molecular weight excluding hydrogens is 468 g/mol. The fraction of sp³-hybridized carbons (Fsp3) is 0.308. The number of benzene rings is 2. The Morgan fingerprint density at radius 2 is 1.69 bits per heavy atom. The Kier molecular flexibility index (Phi) is 8.65. The molecule has 0 spiro atoms. The van der Waals surface area contributed by atoms with E-state index < -0.39 is 23.8 Å². The molecule has 3 aromatic rings. The van der Waals surface area contributed by atoms with Gasteiger partial charge in [-0.3, -0.25) is 5.32 Å². The molecule has 0 fully saturated rings. The van der Waals surface area contributed by atoms with Gasteiger partial charge in [0.2, 0.25) is 0 Å². The summed E-state index contributed by atoms with van der Waals surface area (Å²) in [6.45, 7) is 5.43. The summed E-state index contributed by atoms with van der Waals surface area (Å²) in [6.07, 6.45) is -0.596. The van der Waals surface area contributed by atoms with Crippen LogP contribution in [0.25, 0.3) is 11.1 Å². The maximum Gasteiger partial charge on any atom is 0.411 e. The molecule has 0 saturated heterocycles. The van der Waals surface area contributed by atoms with Gasteiger partial charge in [-0.05, 0) is 56.5 Å². The Morgan fingerprint density at radius 3 is 2.29 bits per heavy atom. The Hall–Kier alpha value is -3.65. The van der Waals surface area contributed by atoms with Gasteiger partial charge in [-0.25, -0.2) is 9.59 Å². The van der Waals surface area contributed by atoms with Crippen molar-refractivity contribution in [3.8, 4) is 11.1 Å². The molecular formula is C26H29ClN4O4. The van der Waals surface area contributed by atoms with E-state index in [2.05, 4.69) is 25.6 Å². The molecule has 0 unspecified atom stereocenters. The fourth-order valence-electron chi connectivity index (χ4n) is 3.38. The number of ether oxygens (including phenoxy) is 2. The second-order valence-electron chi connectivity index (χ2n) is 8.85. The van der Waals surface area contributed by atoms with E-state index in [1.54, 1.807) is 12.1 Å². The van der Waals surface area contributed by atoms with E-state index >= 15 is 0 Å². The number of methoxy groups -OCH3 is 1. The zero-order chi connectivity index (χ0) is 25.4. The lowest BCUT2D eigenvalue weighted by Crippen LogP contribution is -2.36. The fourth-order valence-corrected chi connectivity index (χ4v) is 3.58. The van der Waals surface area contributed by atoms with Crippen LogP contribution in [-0.2, 0) is 21.8 Å². The van der Waals surface area contributed by atoms with Gasteiger partial charge >= 0.3 is 12.2 Å². The topological polar surface area (TPSA) is 102 Å². The number of carbonyl (C=O) groups excluding carboxylic acids is 2. The first-order chi connectivity index (χ1) is 16.7. The second kappa shape index (κ2) is 11.7. The molecule has 1 heterocycles. The minimum absolute atomic E-state index is 0.160. The van der Waals surface area contributed by atoms with Gasteiger partial charge in [0.25, 0.3) is 0 Å². The van der Waals surface area contributed by atoms with Crippen molar-refractivity contribution < 1.29 is 19.1 Å². The average Bonchev–Trinajstić information content (AvgIpc) is 2.83. The van der Waals surface area contributed by atoms with Gasteiger partial charge in [0.1, 0.15) is 5.60 Å². The number of carbonyl (C=O) groups is 2. The number of aromatic nitrogens is 2. The van der Waals surface area contributed by atoms with Gasteiger partial charge in [0.15, 0.2) is 0 Å². The Balaban J connectivity index is 1.94. The lowest BCUT2D eigenvalue weighted by atomic mass is 9.99. The van der Waals surface area contributed by atoms with Crippen molar-refractivity contribution in [2.75, 3.05) is 12.4 Å². The van der Waals surface area contributed by atoms with Gasteiger partial charge in [0, 0.05) is 11.3 Å². The first kappa shape index (κ1) is 26.0. The van der Waals surface area contributed by atoms with E-state index in [1.807, 2.05) is 69.3 Å². The van der Waals surface area contributed by atoms with Gasteiger partial charge in [-0.1, -0.05) is 42.5 Å². The van der Waals surface area contributed by atoms with Crippen LogP contribution in [0.1, 0.15) is 43.8 Å². The van der Waals surface area contributed by atoms with Crippen LogP contribution in [0.5, 0.6) is 0 Å². The maximum atomic E-state index is 12.6. The molecule has 0 aliphatic carbocycles. The van der Waals surface area contributed by atoms with E-state index in [0.717, 1.165) is 16.7 Å². The molecule has 9 heteroatoms. The molecule has 0 radical (unpaired) electrons. The van der Waals surface area contributed by atoms with Crippen molar-refractivity contribution in [3.05, 3.63) is 77.6 Å². The number of anilines is 1. The Morgan fingerprint density at radius 1 is 1.00 bits per heavy atom. The third-order valence-electron chi connectivity index (χ3n) is 4.97. The molecule has 2 N–H and O–H groups in total. The van der Waals surface area contributed by atoms with Crippen LogP contribution in [-0.4, -0.2) is 35.1 Å². The van der Waals surface area contributed by atoms with E-state index in [-0.39, 0.29) is 5.88 Å². The summed E-state index contributed by atoms with van der Waals surface area (Å²) in [5, 5.41) is 14.3. The first-order valence-corrected chi connectivity index (χ1v) is 11.6. The van der Waals surface area contributed by atoms with Crippen LogP contribution in [0.4, 0.5) is 15.3 Å². The summed E-state index contributed by atoms with van der Waals surface area (Å²) in [5.74, 6) is 0.160. The lowest BCUT2D eigenvalue weighted by Gasteiger charge is -2.24. The molecule has 35 heavy (non-hydrogen) atoms. The highest BCUT2D eigenvalue weighted by atomic mass is 35.5. The van der Waals surface area contributed by atoms with Crippen LogP contribution < -0.4 is 10.6 Å². The number of nitrogens with one attached hydrogen (secondary N) is 2. The number of alkyl halides is 1. The smallest absolute Gasteiger partial charge is 0.411 e. The van der Waals surface area contributed by atoms with Crippen molar-refractivity contribution in [2.45, 2.75) is 44.7 Å². The van der Waals surface area contributed by atoms with Crippen LogP contribution in [0, 0.1) is 0 Å². The summed E-state index contributed by atoms with van der Waals surface area (Å²) in [6, 6.07) is 18.4. The zero-order valence-corrected chi connectivity index (χ0v) is 20.9. The first-order valence-electron chi connectivity index (χ1n) is 11.1. The number of alkyl carbamates (subject to hydrolysis) is 1. The number of nitrogens with zero attached hydrogens (tertiary/aromatic N) is 2. The second-order valence-corrected chi connectivity index (χ2v) is 9.11. The Labute approximate surface area is 210 Å². The quantitative estimate of drug-likeness (QED) is 0.396. The van der Waals surface area contributed by atoms with E-state index in [1.165, 1.54) is 7.11 Å². The third-order valence-corrected chi connectivity index (χ3v) is 5.23. The molecule has 1 atom stereocenters. The maximum absolute atomic E-state index is 12.6. The van der Waals surface area contributed by atoms with Gasteiger partial charge in [-0.2, -0.15) is 10.2 Å². The molecule has 2 amide bonds. The van der Waals surface area contributed by atoms with Crippen LogP contribution in [0.2, 0.25) is 0 Å². The number of rotatable bonds is 7. The highest BCUT2D eigenvalue weighted by molar-refractivity contribution is 6.17. The molecule has 0 aliphatic heterocycles. The number of halogens is 1. The predicted molar refractivity (Wildman–Crippen MR) is 135 cm³/mol. The average molecular weight is 497 g/mol. The van der Waals surface area contributed by atoms with Crippen molar-refractivity contribution in [3.63, 3.8) is 0 Å². The van der Waals surface area contributed by atoms with Crippen LogP contribution >= 0.6 is 11.6 Å². The molecule has 2 aromatic carbocycles. The number of hydrogen-bond acceptors (Lipinski definition) is 6. The van der Waals surface area contributed by atoms with Gasteiger partial charge < -0.3 is 14.8 Å². The molecule has 184 valence electrons. The van der Waals surface area contributed by atoms with Crippen LogP contribution in [0.15, 0.2) is 60.7 Å². The largest absolute Gasteiger partial charge is 0.453 e. The van der Waals surface area contributed by atoms with Crippen molar-refractivity contribution in [2.24, 2.45) is 0 Å². The molecule has 8 nitrogen and oxygen atoms in total.